The number of ketones is 1. The van der Waals surface area contributed by atoms with Crippen molar-refractivity contribution in [2.45, 2.75) is 59.4 Å². The maximum absolute atomic E-state index is 12.9. The van der Waals surface area contributed by atoms with E-state index in [9.17, 15) is 14.4 Å². The van der Waals surface area contributed by atoms with Crippen LogP contribution in [0.1, 0.15) is 72.1 Å². The molecule has 0 unspecified atom stereocenters. The monoisotopic (exact) mass is 348 g/mol. The van der Waals surface area contributed by atoms with Crippen molar-refractivity contribution in [2.24, 2.45) is 5.92 Å². The molecule has 0 aliphatic carbocycles. The number of likely N-dealkylation sites (tertiary alicyclic amines) is 1. The van der Waals surface area contributed by atoms with E-state index in [1.54, 1.807) is 6.92 Å². The number of methoxy groups -OCH3 is 1. The summed E-state index contributed by atoms with van der Waals surface area (Å²) in [6.07, 6.45) is 3.30. The van der Waals surface area contributed by atoms with E-state index in [1.165, 1.54) is 14.0 Å². The van der Waals surface area contributed by atoms with Gasteiger partial charge in [-0.1, -0.05) is 13.3 Å². The van der Waals surface area contributed by atoms with Crippen LogP contribution in [0.3, 0.4) is 0 Å². The van der Waals surface area contributed by atoms with Gasteiger partial charge in [-0.15, -0.1) is 0 Å². The van der Waals surface area contributed by atoms with Crippen LogP contribution in [-0.2, 0) is 16.0 Å². The largest absolute Gasteiger partial charge is 0.465 e. The number of nitrogens with one attached hydrogen (secondary N) is 1. The van der Waals surface area contributed by atoms with Gasteiger partial charge in [-0.3, -0.25) is 9.59 Å². The molecule has 1 aromatic rings. The molecule has 2 heterocycles. The second-order valence-corrected chi connectivity index (χ2v) is 7.13. The van der Waals surface area contributed by atoms with E-state index >= 15 is 0 Å². The number of esters is 1. The standard InChI is InChI=1S/C19H28N2O4/c1-11-7-6-8-12(2)21(10-11)16(23)9-15-17(19(24)25-5)13(3)18(20-15)14(4)22/h11-12,20H,6-10H2,1-5H3/t11-,12-/m1/s1. The predicted octanol–water partition coefficient (Wildman–Crippen LogP) is 2.89. The molecule has 1 fully saturated rings. The van der Waals surface area contributed by atoms with Crippen molar-refractivity contribution in [2.75, 3.05) is 13.7 Å². The molecule has 6 nitrogen and oxygen atoms in total. The first-order chi connectivity index (χ1) is 11.8. The quantitative estimate of drug-likeness (QED) is 0.670. The van der Waals surface area contributed by atoms with Gasteiger partial charge in [0, 0.05) is 25.2 Å². The Bertz CT molecular complexity index is 677. The average Bonchev–Trinajstić information content (AvgIpc) is 2.77. The summed E-state index contributed by atoms with van der Waals surface area (Å²) in [4.78, 5) is 41.7. The fourth-order valence-corrected chi connectivity index (χ4v) is 3.65. The van der Waals surface area contributed by atoms with Crippen LogP contribution in [0.4, 0.5) is 0 Å². The fraction of sp³-hybridized carbons (Fsp3) is 0.632. The third-order valence-electron chi connectivity index (χ3n) is 5.08. The topological polar surface area (TPSA) is 79.5 Å². The van der Waals surface area contributed by atoms with E-state index in [0.717, 1.165) is 25.8 Å². The van der Waals surface area contributed by atoms with Gasteiger partial charge in [0.15, 0.2) is 5.78 Å². The van der Waals surface area contributed by atoms with Crippen molar-refractivity contribution in [3.05, 3.63) is 22.5 Å². The Morgan fingerprint density at radius 3 is 2.52 bits per heavy atom. The van der Waals surface area contributed by atoms with Gasteiger partial charge in [-0.25, -0.2) is 4.79 Å². The van der Waals surface area contributed by atoms with Crippen molar-refractivity contribution < 1.29 is 19.1 Å². The Balaban J connectivity index is 2.32. The molecular weight excluding hydrogens is 320 g/mol. The Morgan fingerprint density at radius 1 is 1.24 bits per heavy atom. The molecule has 1 aliphatic heterocycles. The lowest BCUT2D eigenvalue weighted by Crippen LogP contribution is -2.41. The molecule has 0 saturated carbocycles. The van der Waals surface area contributed by atoms with Crippen LogP contribution in [0.2, 0.25) is 0 Å². The minimum absolute atomic E-state index is 0.0252. The lowest BCUT2D eigenvalue weighted by molar-refractivity contribution is -0.132. The normalized spacial score (nSPS) is 20.9. The number of hydrogen-bond donors (Lipinski definition) is 1. The summed E-state index contributed by atoms with van der Waals surface area (Å²) in [5.74, 6) is -0.255. The Kier molecular flexibility index (Phi) is 6.03. The second-order valence-electron chi connectivity index (χ2n) is 7.13. The van der Waals surface area contributed by atoms with E-state index in [2.05, 4.69) is 18.8 Å². The molecule has 0 spiro atoms. The number of ether oxygens (including phenoxy) is 1. The lowest BCUT2D eigenvalue weighted by atomic mass is 10.1. The summed E-state index contributed by atoms with van der Waals surface area (Å²) in [6, 6.07) is 0.183. The van der Waals surface area contributed by atoms with Gasteiger partial charge in [0.05, 0.1) is 24.8 Å². The maximum atomic E-state index is 12.9. The molecule has 1 aromatic heterocycles. The van der Waals surface area contributed by atoms with E-state index in [-0.39, 0.29) is 24.2 Å². The van der Waals surface area contributed by atoms with Crippen LogP contribution in [-0.4, -0.2) is 47.2 Å². The third kappa shape index (κ3) is 4.11. The van der Waals surface area contributed by atoms with Crippen LogP contribution in [0.15, 0.2) is 0 Å². The smallest absolute Gasteiger partial charge is 0.339 e. The number of rotatable bonds is 4. The van der Waals surface area contributed by atoms with Crippen LogP contribution < -0.4 is 0 Å². The highest BCUT2D eigenvalue weighted by Gasteiger charge is 2.29. The predicted molar refractivity (Wildman–Crippen MR) is 94.8 cm³/mol. The lowest BCUT2D eigenvalue weighted by Gasteiger charge is -2.28. The van der Waals surface area contributed by atoms with Gasteiger partial charge >= 0.3 is 5.97 Å². The number of H-pyrrole nitrogens is 1. The van der Waals surface area contributed by atoms with Crippen LogP contribution in [0.25, 0.3) is 0 Å². The molecule has 1 aliphatic rings. The molecule has 1 N–H and O–H groups in total. The molecule has 2 atom stereocenters. The first kappa shape index (κ1) is 19.2. The van der Waals surface area contributed by atoms with Crippen LogP contribution in [0.5, 0.6) is 0 Å². The minimum atomic E-state index is -0.527. The molecule has 1 saturated heterocycles. The molecule has 25 heavy (non-hydrogen) atoms. The molecule has 2 rings (SSSR count). The van der Waals surface area contributed by atoms with Crippen molar-refractivity contribution in [3.63, 3.8) is 0 Å². The van der Waals surface area contributed by atoms with Gasteiger partial charge in [0.2, 0.25) is 5.91 Å². The van der Waals surface area contributed by atoms with Crippen molar-refractivity contribution in [3.8, 4) is 0 Å². The van der Waals surface area contributed by atoms with E-state index in [4.69, 9.17) is 4.74 Å². The molecular formula is C19H28N2O4. The number of aromatic nitrogens is 1. The Morgan fingerprint density at radius 2 is 1.92 bits per heavy atom. The number of amides is 1. The molecule has 6 heteroatoms. The minimum Gasteiger partial charge on any atom is -0.465 e. The maximum Gasteiger partial charge on any atom is 0.339 e. The number of carbonyl (C=O) groups is 3. The molecule has 0 aromatic carbocycles. The first-order valence-electron chi connectivity index (χ1n) is 8.86. The summed E-state index contributed by atoms with van der Waals surface area (Å²) in [5.41, 5.74) is 1.67. The highest BCUT2D eigenvalue weighted by molar-refractivity contribution is 6.01. The van der Waals surface area contributed by atoms with Gasteiger partial charge in [0.1, 0.15) is 0 Å². The molecule has 138 valence electrons. The summed E-state index contributed by atoms with van der Waals surface area (Å²) in [7, 11) is 1.30. The summed E-state index contributed by atoms with van der Waals surface area (Å²) >= 11 is 0. The first-order valence-corrected chi connectivity index (χ1v) is 8.86. The van der Waals surface area contributed by atoms with Gasteiger partial charge in [-0.05, 0) is 38.2 Å². The SMILES string of the molecule is COC(=O)c1c(CC(=O)N2C[C@H](C)CCC[C@H]2C)[nH]c(C(C)=O)c1C. The molecule has 1 amide bonds. The summed E-state index contributed by atoms with van der Waals surface area (Å²) in [6.45, 7) is 8.09. The van der Waals surface area contributed by atoms with Crippen molar-refractivity contribution >= 4 is 17.7 Å². The summed E-state index contributed by atoms with van der Waals surface area (Å²) in [5, 5.41) is 0. The number of nitrogens with zero attached hydrogens (tertiary/aromatic N) is 1. The van der Waals surface area contributed by atoms with Crippen LogP contribution in [0, 0.1) is 12.8 Å². The van der Waals surface area contributed by atoms with Crippen LogP contribution >= 0.6 is 0 Å². The highest BCUT2D eigenvalue weighted by Crippen LogP contribution is 2.24. The zero-order chi connectivity index (χ0) is 18.7. The fourth-order valence-electron chi connectivity index (χ4n) is 3.65. The Hall–Kier alpha value is -2.11. The number of carbonyl (C=O) groups excluding carboxylic acids is 3. The van der Waals surface area contributed by atoms with Crippen molar-refractivity contribution in [1.82, 2.24) is 9.88 Å². The summed E-state index contributed by atoms with van der Waals surface area (Å²) < 4.78 is 4.84. The van der Waals surface area contributed by atoms with E-state index in [0.29, 0.717) is 28.4 Å². The number of aromatic amines is 1. The third-order valence-corrected chi connectivity index (χ3v) is 5.08. The van der Waals surface area contributed by atoms with Gasteiger partial charge < -0.3 is 14.6 Å². The highest BCUT2D eigenvalue weighted by atomic mass is 16.5. The van der Waals surface area contributed by atoms with Crippen molar-refractivity contribution in [1.29, 1.82) is 0 Å². The molecule has 0 bridgehead atoms. The Labute approximate surface area is 148 Å². The van der Waals surface area contributed by atoms with Gasteiger partial charge in [0.25, 0.3) is 0 Å². The van der Waals surface area contributed by atoms with E-state index < -0.39 is 5.97 Å². The number of hydrogen-bond acceptors (Lipinski definition) is 4. The van der Waals surface area contributed by atoms with E-state index in [1.807, 2.05) is 4.90 Å². The second kappa shape index (κ2) is 7.85. The molecule has 0 radical (unpaired) electrons. The zero-order valence-electron chi connectivity index (χ0n) is 15.8. The zero-order valence-corrected chi connectivity index (χ0v) is 15.8. The van der Waals surface area contributed by atoms with Gasteiger partial charge in [-0.2, -0.15) is 0 Å². The number of Topliss-reactive ketones (excluding diaryl/α,β-unsaturated/α-hetero) is 1. The average molecular weight is 348 g/mol.